The lowest BCUT2D eigenvalue weighted by molar-refractivity contribution is 0.589. The predicted molar refractivity (Wildman–Crippen MR) is 136 cm³/mol. The first kappa shape index (κ1) is 21.1. The maximum absolute atomic E-state index is 5.94. The summed E-state index contributed by atoms with van der Waals surface area (Å²) in [5.74, 6) is 0. The molecule has 0 bridgehead atoms. The van der Waals surface area contributed by atoms with Gasteiger partial charge in [-0.3, -0.25) is 4.98 Å². The molecule has 2 aromatic carbocycles. The van der Waals surface area contributed by atoms with Gasteiger partial charge in [0, 0.05) is 58.8 Å². The van der Waals surface area contributed by atoms with E-state index in [4.69, 9.17) is 9.40 Å². The maximum Gasteiger partial charge on any atom is 0.153 e. The van der Waals surface area contributed by atoms with Gasteiger partial charge < -0.3 is 14.6 Å². The molecule has 0 unspecified atom stereocenters. The van der Waals surface area contributed by atoms with E-state index in [9.17, 15) is 0 Å². The minimum absolute atomic E-state index is 0.171. The fraction of sp³-hybridized carbons (Fsp3) is 0.296. The number of fused-ring (bicyclic) bond motifs is 1. The van der Waals surface area contributed by atoms with Crippen LogP contribution in [0.2, 0.25) is 0 Å². The molecule has 0 atom stereocenters. The fourth-order valence-corrected chi connectivity index (χ4v) is 5.19. The summed E-state index contributed by atoms with van der Waals surface area (Å²) in [5, 5.41) is 3.40. The van der Waals surface area contributed by atoms with Crippen LogP contribution in [0.25, 0.3) is 33.4 Å². The molecule has 1 saturated heterocycles. The van der Waals surface area contributed by atoms with Crippen LogP contribution in [0, 0.1) is 0 Å². The standard InChI is InChI=1S/C27H29N3OS/c1-27(2,3)32-23-6-4-5-20(15-23)24-18-31-25-16-21(17-29-26(24)25)19-7-9-22(10-8-19)30-13-11-28-12-14-30/h4-10,15-18,28H,11-14H2,1-3H3. The van der Waals surface area contributed by atoms with Crippen LogP contribution in [-0.4, -0.2) is 35.9 Å². The molecular formula is C27H29N3OS. The maximum atomic E-state index is 5.94. The highest BCUT2D eigenvalue weighted by atomic mass is 32.2. The minimum atomic E-state index is 0.171. The van der Waals surface area contributed by atoms with Crippen molar-refractivity contribution < 1.29 is 4.42 Å². The zero-order valence-electron chi connectivity index (χ0n) is 18.9. The van der Waals surface area contributed by atoms with E-state index < -0.39 is 0 Å². The molecule has 5 rings (SSSR count). The van der Waals surface area contributed by atoms with E-state index in [2.05, 4.69) is 85.6 Å². The highest BCUT2D eigenvalue weighted by Crippen LogP contribution is 2.37. The Bertz CT molecular complexity index is 1220. The number of pyridine rings is 1. The third-order valence-corrected chi connectivity index (χ3v) is 6.77. The zero-order chi connectivity index (χ0) is 22.1. The Morgan fingerprint density at radius 2 is 1.72 bits per heavy atom. The third kappa shape index (κ3) is 4.54. The van der Waals surface area contributed by atoms with Crippen LogP contribution in [0.5, 0.6) is 0 Å². The molecule has 5 heteroatoms. The highest BCUT2D eigenvalue weighted by Gasteiger charge is 2.15. The molecule has 32 heavy (non-hydrogen) atoms. The van der Waals surface area contributed by atoms with Gasteiger partial charge in [-0.1, -0.05) is 45.0 Å². The summed E-state index contributed by atoms with van der Waals surface area (Å²) in [4.78, 5) is 8.47. The van der Waals surface area contributed by atoms with Crippen molar-refractivity contribution in [2.24, 2.45) is 0 Å². The van der Waals surface area contributed by atoms with E-state index in [1.54, 1.807) is 0 Å². The second-order valence-electron chi connectivity index (χ2n) is 9.25. The molecule has 0 aliphatic carbocycles. The molecule has 0 amide bonds. The molecular weight excluding hydrogens is 414 g/mol. The van der Waals surface area contributed by atoms with Crippen molar-refractivity contribution in [1.29, 1.82) is 0 Å². The summed E-state index contributed by atoms with van der Waals surface area (Å²) in [5.41, 5.74) is 7.40. The molecule has 0 radical (unpaired) electrons. The number of piperazine rings is 1. The number of aromatic nitrogens is 1. The highest BCUT2D eigenvalue weighted by molar-refractivity contribution is 8.00. The summed E-state index contributed by atoms with van der Waals surface area (Å²) in [6, 6.07) is 19.5. The quantitative estimate of drug-likeness (QED) is 0.367. The Hall–Kier alpha value is -2.76. The number of nitrogens with one attached hydrogen (secondary N) is 1. The smallest absolute Gasteiger partial charge is 0.153 e. The molecule has 1 aliphatic rings. The average molecular weight is 444 g/mol. The molecule has 0 saturated carbocycles. The van der Waals surface area contributed by atoms with Gasteiger partial charge >= 0.3 is 0 Å². The zero-order valence-corrected chi connectivity index (χ0v) is 19.7. The van der Waals surface area contributed by atoms with Crippen LogP contribution >= 0.6 is 11.8 Å². The third-order valence-electron chi connectivity index (χ3n) is 5.66. The normalized spacial score (nSPS) is 14.8. The molecule has 164 valence electrons. The number of anilines is 1. The lowest BCUT2D eigenvalue weighted by Gasteiger charge is -2.29. The SMILES string of the molecule is CC(C)(C)Sc1cccc(-c2coc3cc(-c4ccc(N5CCNCC5)cc4)cnc23)c1. The summed E-state index contributed by atoms with van der Waals surface area (Å²) >= 11 is 1.87. The molecule has 4 nitrogen and oxygen atoms in total. The van der Waals surface area contributed by atoms with Crippen LogP contribution in [0.4, 0.5) is 5.69 Å². The van der Waals surface area contributed by atoms with E-state index in [1.165, 1.54) is 10.6 Å². The molecule has 4 aromatic rings. The molecule has 3 heterocycles. The van der Waals surface area contributed by atoms with E-state index >= 15 is 0 Å². The van der Waals surface area contributed by atoms with Crippen molar-refractivity contribution in [2.75, 3.05) is 31.1 Å². The monoisotopic (exact) mass is 443 g/mol. The van der Waals surface area contributed by atoms with Crippen LogP contribution in [0.1, 0.15) is 20.8 Å². The Kier molecular flexibility index (Phi) is 5.70. The molecule has 1 fully saturated rings. The van der Waals surface area contributed by atoms with Crippen LogP contribution in [0.3, 0.4) is 0 Å². The van der Waals surface area contributed by atoms with E-state index in [0.717, 1.165) is 59.5 Å². The Labute approximate surface area is 194 Å². The number of rotatable bonds is 4. The number of thioether (sulfide) groups is 1. The summed E-state index contributed by atoms with van der Waals surface area (Å²) < 4.78 is 6.11. The van der Waals surface area contributed by atoms with Gasteiger partial charge in [-0.15, -0.1) is 11.8 Å². The van der Waals surface area contributed by atoms with E-state index in [1.807, 2.05) is 24.2 Å². The number of hydrogen-bond donors (Lipinski definition) is 1. The van der Waals surface area contributed by atoms with Crippen molar-refractivity contribution in [1.82, 2.24) is 10.3 Å². The van der Waals surface area contributed by atoms with Crippen molar-refractivity contribution in [3.63, 3.8) is 0 Å². The van der Waals surface area contributed by atoms with Crippen LogP contribution in [0.15, 0.2) is 76.4 Å². The van der Waals surface area contributed by atoms with E-state index in [-0.39, 0.29) is 4.75 Å². The molecule has 1 aliphatic heterocycles. The molecule has 0 spiro atoms. The Morgan fingerprint density at radius 3 is 2.47 bits per heavy atom. The molecule has 2 aromatic heterocycles. The summed E-state index contributed by atoms with van der Waals surface area (Å²) in [7, 11) is 0. The first-order chi connectivity index (χ1) is 15.5. The van der Waals surface area contributed by atoms with Gasteiger partial charge in [0.2, 0.25) is 0 Å². The van der Waals surface area contributed by atoms with Gasteiger partial charge in [-0.05, 0) is 41.5 Å². The first-order valence-electron chi connectivity index (χ1n) is 11.2. The lowest BCUT2D eigenvalue weighted by atomic mass is 10.0. The Balaban J connectivity index is 1.41. The van der Waals surface area contributed by atoms with Gasteiger partial charge in [-0.2, -0.15) is 0 Å². The van der Waals surface area contributed by atoms with Gasteiger partial charge in [0.25, 0.3) is 0 Å². The second-order valence-corrected chi connectivity index (χ2v) is 11.1. The van der Waals surface area contributed by atoms with Crippen molar-refractivity contribution in [2.45, 2.75) is 30.4 Å². The van der Waals surface area contributed by atoms with Crippen LogP contribution < -0.4 is 10.2 Å². The molecule has 1 N–H and O–H groups in total. The average Bonchev–Trinajstić information content (AvgIpc) is 3.22. The Morgan fingerprint density at radius 1 is 0.938 bits per heavy atom. The predicted octanol–water partition coefficient (Wildman–Crippen LogP) is 6.46. The van der Waals surface area contributed by atoms with E-state index in [0.29, 0.717) is 0 Å². The topological polar surface area (TPSA) is 41.3 Å². The van der Waals surface area contributed by atoms with Crippen molar-refractivity contribution in [3.05, 3.63) is 67.1 Å². The summed E-state index contributed by atoms with van der Waals surface area (Å²) in [6.07, 6.45) is 3.78. The minimum Gasteiger partial charge on any atom is -0.462 e. The van der Waals surface area contributed by atoms with Gasteiger partial charge in [0.15, 0.2) is 5.58 Å². The number of benzene rings is 2. The van der Waals surface area contributed by atoms with Gasteiger partial charge in [0.05, 0.1) is 0 Å². The largest absolute Gasteiger partial charge is 0.462 e. The summed E-state index contributed by atoms with van der Waals surface area (Å²) in [6.45, 7) is 10.9. The fourth-order valence-electron chi connectivity index (χ4n) is 4.15. The number of hydrogen-bond acceptors (Lipinski definition) is 5. The van der Waals surface area contributed by atoms with Gasteiger partial charge in [0.1, 0.15) is 11.8 Å². The first-order valence-corrected chi connectivity index (χ1v) is 12.0. The number of furan rings is 1. The van der Waals surface area contributed by atoms with Gasteiger partial charge in [-0.25, -0.2) is 0 Å². The second kappa shape index (κ2) is 8.64. The van der Waals surface area contributed by atoms with Crippen molar-refractivity contribution >= 4 is 28.5 Å². The lowest BCUT2D eigenvalue weighted by Crippen LogP contribution is -2.43. The van der Waals surface area contributed by atoms with Crippen LogP contribution in [-0.2, 0) is 0 Å². The van der Waals surface area contributed by atoms with Crippen molar-refractivity contribution in [3.8, 4) is 22.3 Å². The number of nitrogens with zero attached hydrogens (tertiary/aromatic N) is 2.